The highest BCUT2D eigenvalue weighted by Crippen LogP contribution is 2.15. The lowest BCUT2D eigenvalue weighted by Crippen LogP contribution is -2.53. The molecule has 0 heterocycles. The van der Waals surface area contributed by atoms with Crippen molar-refractivity contribution in [3.05, 3.63) is 0 Å². The quantitative estimate of drug-likeness (QED) is 0.0243. The first-order valence-corrected chi connectivity index (χ1v) is 20.8. The fraction of sp³-hybridized carbons (Fsp3) is 1.00. The van der Waals surface area contributed by atoms with E-state index in [2.05, 4.69) is 13.8 Å². The van der Waals surface area contributed by atoms with Gasteiger partial charge in [-0.3, -0.25) is 8.42 Å². The number of hydrogen-bond donors (Lipinski definition) is 6. The largest absolute Gasteiger partial charge is 0.759 e. The first kappa shape index (κ1) is 52.9. The Hall–Kier alpha value is -0.450. The Morgan fingerprint density at radius 1 is 0.347 bits per heavy atom. The summed E-state index contributed by atoms with van der Waals surface area (Å²) in [7, 11) is -5.17. The predicted molar refractivity (Wildman–Crippen MR) is 196 cm³/mol. The van der Waals surface area contributed by atoms with Crippen molar-refractivity contribution >= 4 is 10.4 Å². The van der Waals surface area contributed by atoms with Gasteiger partial charge in [0.1, 0.15) is 39.3 Å². The topological polar surface area (TPSA) is 202 Å². The molecule has 0 fully saturated rings. The minimum atomic E-state index is -5.17. The molecule has 0 aliphatic rings. The van der Waals surface area contributed by atoms with Crippen LogP contribution >= 0.6 is 0 Å². The van der Waals surface area contributed by atoms with Crippen molar-refractivity contribution in [1.29, 1.82) is 0 Å². The van der Waals surface area contributed by atoms with Crippen molar-refractivity contribution in [2.45, 2.75) is 142 Å². The molecule has 0 aliphatic carbocycles. The Bertz CT molecular complexity index is 659. The van der Waals surface area contributed by atoms with Gasteiger partial charge >= 0.3 is 0 Å². The van der Waals surface area contributed by atoms with Crippen LogP contribution in [0.4, 0.5) is 0 Å². The number of unbranched alkanes of at least 4 members (excludes halogenated alkanes) is 18. The Labute approximate surface area is 301 Å². The van der Waals surface area contributed by atoms with E-state index in [-0.39, 0.29) is 39.6 Å². The van der Waals surface area contributed by atoms with Gasteiger partial charge in [-0.1, -0.05) is 117 Å². The summed E-state index contributed by atoms with van der Waals surface area (Å²) in [5.74, 6) is 0. The average Bonchev–Trinajstić information content (AvgIpc) is 3.03. The number of nitrogens with zero attached hydrogens (tertiary/aromatic N) is 2. The molecule has 12 nitrogen and oxygen atoms in total. The average molecular weight is 733 g/mol. The summed E-state index contributed by atoms with van der Waals surface area (Å²) in [6, 6.07) is 0. The summed E-state index contributed by atoms with van der Waals surface area (Å²) in [5, 5.41) is 55.4. The highest BCUT2D eigenvalue weighted by atomic mass is 32.3. The summed E-state index contributed by atoms with van der Waals surface area (Å²) in [6.07, 6.45) is 26.3. The van der Waals surface area contributed by atoms with Crippen LogP contribution in [0.25, 0.3) is 0 Å². The van der Waals surface area contributed by atoms with E-state index in [1.807, 2.05) is 0 Å². The number of hydrogen-bond acceptors (Lipinski definition) is 10. The van der Waals surface area contributed by atoms with E-state index >= 15 is 0 Å². The molecule has 0 rings (SSSR count). The third-order valence-corrected chi connectivity index (χ3v) is 9.42. The van der Waals surface area contributed by atoms with Crippen molar-refractivity contribution in [1.82, 2.24) is 0 Å². The Morgan fingerprint density at radius 2 is 0.510 bits per heavy atom. The second kappa shape index (κ2) is 38.8. The summed E-state index contributed by atoms with van der Waals surface area (Å²) in [4.78, 5) is 0. The molecule has 300 valence electrons. The minimum Gasteiger partial charge on any atom is -0.759 e. The van der Waals surface area contributed by atoms with Crippen LogP contribution in [0.3, 0.4) is 0 Å². The van der Waals surface area contributed by atoms with Gasteiger partial charge in [-0.25, -0.2) is 0 Å². The lowest BCUT2D eigenvalue weighted by Gasteiger charge is -2.37. The van der Waals surface area contributed by atoms with E-state index in [9.17, 15) is 30.6 Å². The molecule has 0 bridgehead atoms. The Morgan fingerprint density at radius 3 is 0.673 bits per heavy atom. The zero-order valence-corrected chi connectivity index (χ0v) is 32.5. The smallest absolute Gasteiger partial charge is 0.102 e. The fourth-order valence-electron chi connectivity index (χ4n) is 6.48. The lowest BCUT2D eigenvalue weighted by molar-refractivity contribution is -0.929. The maximum Gasteiger partial charge on any atom is 0.102 e. The standard InChI is InChI=1S/2C18H40NO3.H2O4S/c2*1-2-3-4-5-6-7-8-9-10-11-12-19(13-16-20,14-17-21)15-18-22;1-5(2,3)4/h2*20-22H,2-18H2,1H3;(H2,1,2,3,4)/q2*+1;/p-2. The predicted octanol–water partition coefficient (Wildman–Crippen LogP) is 4.06. The first-order chi connectivity index (χ1) is 23.5. The molecule has 0 amide bonds. The van der Waals surface area contributed by atoms with Gasteiger partial charge in [0, 0.05) is 10.4 Å². The van der Waals surface area contributed by atoms with Gasteiger partial charge in [0.25, 0.3) is 0 Å². The molecule has 0 spiro atoms. The molecule has 0 aromatic rings. The number of rotatable bonds is 34. The molecule has 0 aromatic heterocycles. The van der Waals surface area contributed by atoms with E-state index in [1.54, 1.807) is 0 Å². The fourth-order valence-corrected chi connectivity index (χ4v) is 6.48. The van der Waals surface area contributed by atoms with E-state index in [0.717, 1.165) is 25.9 Å². The SMILES string of the molecule is CCCCCCCCCCCC[N+](CCO)(CCO)CCO.CCCCCCCCCCCC[N+](CCO)(CCO)CCO.O=S(=O)([O-])[O-]. The van der Waals surface area contributed by atoms with Crippen LogP contribution in [0.2, 0.25) is 0 Å². The van der Waals surface area contributed by atoms with Gasteiger partial charge in [-0.05, 0) is 25.7 Å². The maximum absolute atomic E-state index is 9.24. The normalized spacial score (nSPS) is 12.0. The van der Waals surface area contributed by atoms with Crippen LogP contribution < -0.4 is 0 Å². The third kappa shape index (κ3) is 40.2. The van der Waals surface area contributed by atoms with Gasteiger partial charge in [0.05, 0.1) is 52.7 Å². The van der Waals surface area contributed by atoms with E-state index in [0.29, 0.717) is 48.2 Å². The molecule has 0 saturated heterocycles. The van der Waals surface area contributed by atoms with Crippen LogP contribution in [0.1, 0.15) is 142 Å². The second-order valence-electron chi connectivity index (χ2n) is 13.6. The van der Waals surface area contributed by atoms with Gasteiger partial charge in [0.15, 0.2) is 0 Å². The maximum atomic E-state index is 9.24. The Kier molecular flexibility index (Phi) is 41.9. The van der Waals surface area contributed by atoms with E-state index < -0.39 is 10.4 Å². The molecular formula is C36H80N2O10S. The van der Waals surface area contributed by atoms with E-state index in [1.165, 1.54) is 116 Å². The molecule has 49 heavy (non-hydrogen) atoms. The molecule has 0 radical (unpaired) electrons. The molecule has 13 heteroatoms. The summed E-state index contributed by atoms with van der Waals surface area (Å²) < 4.78 is 35.4. The van der Waals surface area contributed by atoms with Crippen LogP contribution in [-0.2, 0) is 10.4 Å². The Balaban J connectivity index is -0.000000757. The van der Waals surface area contributed by atoms with Crippen molar-refractivity contribution in [2.75, 3.05) is 92.0 Å². The van der Waals surface area contributed by atoms with Gasteiger partial charge in [0.2, 0.25) is 0 Å². The molecule has 0 aliphatic heterocycles. The van der Waals surface area contributed by atoms with E-state index in [4.69, 9.17) is 17.5 Å². The van der Waals surface area contributed by atoms with Crippen molar-refractivity contribution in [3.63, 3.8) is 0 Å². The monoisotopic (exact) mass is 733 g/mol. The van der Waals surface area contributed by atoms with Crippen LogP contribution in [-0.4, -0.2) is 149 Å². The third-order valence-electron chi connectivity index (χ3n) is 9.42. The number of aliphatic hydroxyl groups is 6. The second-order valence-corrected chi connectivity index (χ2v) is 14.4. The number of aliphatic hydroxyl groups excluding tert-OH is 6. The molecular weight excluding hydrogens is 652 g/mol. The molecule has 0 atom stereocenters. The van der Waals surface area contributed by atoms with Crippen molar-refractivity contribution in [3.8, 4) is 0 Å². The van der Waals surface area contributed by atoms with Gasteiger partial charge in [-0.2, -0.15) is 0 Å². The van der Waals surface area contributed by atoms with Gasteiger partial charge < -0.3 is 48.7 Å². The molecule has 0 aromatic carbocycles. The zero-order valence-electron chi connectivity index (χ0n) is 31.7. The number of quaternary nitrogens is 2. The molecule has 6 N–H and O–H groups in total. The lowest BCUT2D eigenvalue weighted by atomic mass is 10.1. The van der Waals surface area contributed by atoms with Crippen molar-refractivity contribution in [2.24, 2.45) is 0 Å². The summed E-state index contributed by atoms with van der Waals surface area (Å²) in [6.45, 7) is 11.0. The van der Waals surface area contributed by atoms with Crippen LogP contribution in [0.15, 0.2) is 0 Å². The van der Waals surface area contributed by atoms with Crippen LogP contribution in [0, 0.1) is 0 Å². The molecule has 0 unspecified atom stereocenters. The van der Waals surface area contributed by atoms with Crippen LogP contribution in [0.5, 0.6) is 0 Å². The van der Waals surface area contributed by atoms with Gasteiger partial charge in [-0.15, -0.1) is 0 Å². The van der Waals surface area contributed by atoms with Crippen molar-refractivity contribution < 1.29 is 57.1 Å². The zero-order chi connectivity index (χ0) is 37.5. The molecule has 0 saturated carbocycles. The highest BCUT2D eigenvalue weighted by molar-refractivity contribution is 7.79. The summed E-state index contributed by atoms with van der Waals surface area (Å²) in [5.41, 5.74) is 0. The minimum absolute atomic E-state index is 0.123. The summed E-state index contributed by atoms with van der Waals surface area (Å²) >= 11 is 0. The first-order valence-electron chi connectivity index (χ1n) is 19.5. The highest BCUT2D eigenvalue weighted by Gasteiger charge is 2.26.